The monoisotopic (exact) mass is 264 g/mol. The SMILES string of the molecule is Cc1nc(COc2ccc([N+](=O)[O-])cc2CN)no1. The van der Waals surface area contributed by atoms with Crippen molar-refractivity contribution in [2.24, 2.45) is 5.73 Å². The Morgan fingerprint density at radius 3 is 2.89 bits per heavy atom. The minimum Gasteiger partial charge on any atom is -0.485 e. The molecule has 2 rings (SSSR count). The molecule has 0 aliphatic rings. The summed E-state index contributed by atoms with van der Waals surface area (Å²) in [6, 6.07) is 4.25. The zero-order valence-electron chi connectivity index (χ0n) is 10.2. The molecule has 1 aromatic heterocycles. The highest BCUT2D eigenvalue weighted by Crippen LogP contribution is 2.24. The molecular formula is C11H12N4O4. The first-order valence-corrected chi connectivity index (χ1v) is 5.49. The van der Waals surface area contributed by atoms with Crippen LogP contribution < -0.4 is 10.5 Å². The number of nitrogens with zero attached hydrogens (tertiary/aromatic N) is 3. The van der Waals surface area contributed by atoms with Gasteiger partial charge in [-0.05, 0) is 6.07 Å². The molecule has 1 heterocycles. The van der Waals surface area contributed by atoms with E-state index in [0.717, 1.165) is 0 Å². The van der Waals surface area contributed by atoms with Gasteiger partial charge in [-0.15, -0.1) is 0 Å². The maximum Gasteiger partial charge on any atom is 0.270 e. The van der Waals surface area contributed by atoms with Crippen molar-refractivity contribution in [1.82, 2.24) is 10.1 Å². The van der Waals surface area contributed by atoms with Crippen LogP contribution in [0.25, 0.3) is 0 Å². The molecule has 2 aromatic rings. The second kappa shape index (κ2) is 5.44. The number of aromatic nitrogens is 2. The van der Waals surface area contributed by atoms with Crippen LogP contribution in [-0.4, -0.2) is 15.1 Å². The quantitative estimate of drug-likeness (QED) is 0.639. The minimum absolute atomic E-state index is 0.0248. The molecule has 0 saturated carbocycles. The van der Waals surface area contributed by atoms with Gasteiger partial charge in [-0.1, -0.05) is 5.16 Å². The summed E-state index contributed by atoms with van der Waals surface area (Å²) in [6.07, 6.45) is 0. The Balaban J connectivity index is 2.13. The molecule has 0 unspecified atom stereocenters. The van der Waals surface area contributed by atoms with Crippen molar-refractivity contribution in [3.05, 3.63) is 45.6 Å². The summed E-state index contributed by atoms with van der Waals surface area (Å²) >= 11 is 0. The van der Waals surface area contributed by atoms with E-state index in [9.17, 15) is 10.1 Å². The second-order valence-corrected chi connectivity index (χ2v) is 3.77. The van der Waals surface area contributed by atoms with Gasteiger partial charge in [0.25, 0.3) is 5.69 Å². The third-order valence-corrected chi connectivity index (χ3v) is 2.40. The lowest BCUT2D eigenvalue weighted by Gasteiger charge is -2.08. The van der Waals surface area contributed by atoms with Crippen LogP contribution in [-0.2, 0) is 13.2 Å². The molecule has 0 saturated heterocycles. The van der Waals surface area contributed by atoms with E-state index in [-0.39, 0.29) is 18.8 Å². The van der Waals surface area contributed by atoms with Crippen LogP contribution in [0.4, 0.5) is 5.69 Å². The molecule has 0 radical (unpaired) electrons. The van der Waals surface area contributed by atoms with Gasteiger partial charge in [0.1, 0.15) is 5.75 Å². The van der Waals surface area contributed by atoms with Crippen molar-refractivity contribution in [3.63, 3.8) is 0 Å². The Morgan fingerprint density at radius 2 is 2.32 bits per heavy atom. The molecule has 8 heteroatoms. The summed E-state index contributed by atoms with van der Waals surface area (Å²) in [6.45, 7) is 1.93. The number of nitro benzene ring substituents is 1. The number of benzene rings is 1. The van der Waals surface area contributed by atoms with Gasteiger partial charge in [-0.25, -0.2) is 0 Å². The Bertz CT molecular complexity index is 596. The Hall–Kier alpha value is -2.48. The third-order valence-electron chi connectivity index (χ3n) is 2.40. The van der Waals surface area contributed by atoms with E-state index in [2.05, 4.69) is 10.1 Å². The summed E-state index contributed by atoms with van der Waals surface area (Å²) in [7, 11) is 0. The van der Waals surface area contributed by atoms with Gasteiger partial charge in [-0.3, -0.25) is 10.1 Å². The van der Waals surface area contributed by atoms with Crippen molar-refractivity contribution in [3.8, 4) is 5.75 Å². The molecule has 0 aliphatic carbocycles. The predicted molar refractivity (Wildman–Crippen MR) is 64.4 cm³/mol. The highest BCUT2D eigenvalue weighted by Gasteiger charge is 2.12. The fraction of sp³-hybridized carbons (Fsp3) is 0.273. The van der Waals surface area contributed by atoms with Gasteiger partial charge in [0.05, 0.1) is 4.92 Å². The van der Waals surface area contributed by atoms with Gasteiger partial charge < -0.3 is 15.0 Å². The van der Waals surface area contributed by atoms with E-state index in [4.69, 9.17) is 15.0 Å². The summed E-state index contributed by atoms with van der Waals surface area (Å²) < 4.78 is 10.3. The number of non-ortho nitro benzene ring substituents is 1. The number of nitrogens with two attached hydrogens (primary N) is 1. The Labute approximate surface area is 108 Å². The molecule has 0 atom stereocenters. The largest absolute Gasteiger partial charge is 0.485 e. The molecule has 0 spiro atoms. The molecule has 19 heavy (non-hydrogen) atoms. The first-order valence-electron chi connectivity index (χ1n) is 5.49. The van der Waals surface area contributed by atoms with Crippen molar-refractivity contribution >= 4 is 5.69 Å². The lowest BCUT2D eigenvalue weighted by molar-refractivity contribution is -0.384. The van der Waals surface area contributed by atoms with Crippen LogP contribution >= 0.6 is 0 Å². The fourth-order valence-corrected chi connectivity index (χ4v) is 1.52. The van der Waals surface area contributed by atoms with Crippen molar-refractivity contribution in [2.45, 2.75) is 20.1 Å². The van der Waals surface area contributed by atoms with E-state index in [1.54, 1.807) is 6.92 Å². The zero-order chi connectivity index (χ0) is 13.8. The highest BCUT2D eigenvalue weighted by atomic mass is 16.6. The fourth-order valence-electron chi connectivity index (χ4n) is 1.52. The molecule has 0 aliphatic heterocycles. The lowest BCUT2D eigenvalue weighted by Crippen LogP contribution is -2.04. The van der Waals surface area contributed by atoms with Gasteiger partial charge in [0, 0.05) is 31.2 Å². The summed E-state index contributed by atoms with van der Waals surface area (Å²) in [4.78, 5) is 14.2. The molecule has 1 aromatic carbocycles. The number of ether oxygens (including phenoxy) is 1. The lowest BCUT2D eigenvalue weighted by atomic mass is 10.2. The van der Waals surface area contributed by atoms with Crippen LogP contribution in [0, 0.1) is 17.0 Å². The van der Waals surface area contributed by atoms with Crippen LogP contribution in [0.15, 0.2) is 22.7 Å². The summed E-state index contributed by atoms with van der Waals surface area (Å²) in [5.41, 5.74) is 6.07. The van der Waals surface area contributed by atoms with Crippen molar-refractivity contribution in [1.29, 1.82) is 0 Å². The standard InChI is InChI=1S/C11H12N4O4/c1-7-13-11(14-19-7)6-18-10-3-2-9(15(16)17)4-8(10)5-12/h2-4H,5-6,12H2,1H3. The number of aryl methyl sites for hydroxylation is 1. The van der Waals surface area contributed by atoms with Gasteiger partial charge in [0.2, 0.25) is 11.7 Å². The van der Waals surface area contributed by atoms with E-state index in [1.807, 2.05) is 0 Å². The molecule has 2 N–H and O–H groups in total. The second-order valence-electron chi connectivity index (χ2n) is 3.77. The molecule has 8 nitrogen and oxygen atoms in total. The Morgan fingerprint density at radius 1 is 1.53 bits per heavy atom. The number of hydrogen-bond acceptors (Lipinski definition) is 7. The van der Waals surface area contributed by atoms with Gasteiger partial charge >= 0.3 is 0 Å². The highest BCUT2D eigenvalue weighted by molar-refractivity contribution is 5.43. The van der Waals surface area contributed by atoms with Crippen molar-refractivity contribution in [2.75, 3.05) is 0 Å². The van der Waals surface area contributed by atoms with E-state index >= 15 is 0 Å². The topological polar surface area (TPSA) is 117 Å². The van der Waals surface area contributed by atoms with Crippen LogP contribution in [0.2, 0.25) is 0 Å². The first kappa shape index (κ1) is 13.0. The molecule has 0 fully saturated rings. The molecule has 100 valence electrons. The zero-order valence-corrected chi connectivity index (χ0v) is 10.2. The first-order chi connectivity index (χ1) is 9.10. The maximum atomic E-state index is 10.7. The molecule has 0 bridgehead atoms. The third kappa shape index (κ3) is 3.05. The number of hydrogen-bond donors (Lipinski definition) is 1. The molecule has 0 amide bonds. The van der Waals surface area contributed by atoms with E-state index in [0.29, 0.717) is 23.0 Å². The number of nitro groups is 1. The molecular weight excluding hydrogens is 252 g/mol. The normalized spacial score (nSPS) is 10.4. The van der Waals surface area contributed by atoms with Crippen LogP contribution in [0.3, 0.4) is 0 Å². The van der Waals surface area contributed by atoms with Gasteiger partial charge in [0.15, 0.2) is 6.61 Å². The smallest absolute Gasteiger partial charge is 0.270 e. The van der Waals surface area contributed by atoms with Crippen LogP contribution in [0.5, 0.6) is 5.75 Å². The average Bonchev–Trinajstić information content (AvgIpc) is 2.81. The predicted octanol–water partition coefficient (Wildman–Crippen LogP) is 1.32. The summed E-state index contributed by atoms with van der Waals surface area (Å²) in [5.74, 6) is 1.32. The van der Waals surface area contributed by atoms with Gasteiger partial charge in [-0.2, -0.15) is 4.98 Å². The maximum absolute atomic E-state index is 10.7. The Kier molecular flexibility index (Phi) is 3.71. The van der Waals surface area contributed by atoms with Crippen molar-refractivity contribution < 1.29 is 14.2 Å². The minimum atomic E-state index is -0.481. The van der Waals surface area contributed by atoms with E-state index in [1.165, 1.54) is 18.2 Å². The number of rotatable bonds is 5. The average molecular weight is 264 g/mol. The summed E-state index contributed by atoms with van der Waals surface area (Å²) in [5, 5.41) is 14.3. The van der Waals surface area contributed by atoms with E-state index < -0.39 is 4.92 Å². The van der Waals surface area contributed by atoms with Crippen LogP contribution in [0.1, 0.15) is 17.3 Å².